The largest absolute Gasteiger partial charge is 0.508 e. The smallest absolute Gasteiger partial charge is 0.414 e. The number of benzene rings is 6. The summed E-state index contributed by atoms with van der Waals surface area (Å²) in [6.45, 7) is 4.21. The predicted octanol–water partition coefficient (Wildman–Crippen LogP) is 7.08. The average molecular weight is 1100 g/mol. The molecule has 3 atom stereocenters. The van der Waals surface area contributed by atoms with E-state index in [2.05, 4.69) is 47.2 Å². The summed E-state index contributed by atoms with van der Waals surface area (Å²) in [5.74, 6) is -2.72. The Morgan fingerprint density at radius 2 is 0.877 bits per heavy atom. The van der Waals surface area contributed by atoms with E-state index in [0.717, 1.165) is 16.7 Å². The maximum absolute atomic E-state index is 14.4. The lowest BCUT2D eigenvalue weighted by Gasteiger charge is -2.23. The number of hydrogen-bond donors (Lipinski definition) is 8. The van der Waals surface area contributed by atoms with E-state index >= 15 is 0 Å². The molecule has 0 bridgehead atoms. The van der Waals surface area contributed by atoms with Gasteiger partial charge >= 0.3 is 24.4 Å². The summed E-state index contributed by atoms with van der Waals surface area (Å²) in [5.41, 5.74) is 5.47. The van der Waals surface area contributed by atoms with Crippen LogP contribution in [-0.4, -0.2) is 90.3 Å². The van der Waals surface area contributed by atoms with Gasteiger partial charge in [-0.2, -0.15) is 0 Å². The first-order valence-corrected chi connectivity index (χ1v) is 25.9. The fraction of sp³-hybridized carbons (Fsp3) is 0.250. The van der Waals surface area contributed by atoms with Crippen LogP contribution in [0.2, 0.25) is 0 Å². The predicted molar refractivity (Wildman–Crippen MR) is 301 cm³/mol. The number of aromatic hydroxyl groups is 1. The van der Waals surface area contributed by atoms with Gasteiger partial charge in [0.1, 0.15) is 44.3 Å². The highest BCUT2D eigenvalue weighted by atomic mass is 16.6. The molecule has 7 amide bonds. The summed E-state index contributed by atoms with van der Waals surface area (Å²) in [6, 6.07) is 44.5. The molecule has 21 heteroatoms. The number of ether oxygens (including phenoxy) is 4. The molecular formula is C60H65N9O12. The highest BCUT2D eigenvalue weighted by molar-refractivity contribution is 6.03. The van der Waals surface area contributed by atoms with Gasteiger partial charge in [-0.15, -0.1) is 0 Å². The molecule has 0 aliphatic rings. The number of alkyl carbamates (subject to hydrolysis) is 4. The molecule has 6 aromatic carbocycles. The number of aliphatic imine (C=N–C) groups is 2. The van der Waals surface area contributed by atoms with Gasteiger partial charge in [0.05, 0.1) is 12.6 Å². The lowest BCUT2D eigenvalue weighted by atomic mass is 9.95. The van der Waals surface area contributed by atoms with Gasteiger partial charge in [0.15, 0.2) is 0 Å². The third-order valence-corrected chi connectivity index (χ3v) is 12.0. The molecule has 422 valence electrons. The minimum Gasteiger partial charge on any atom is -0.508 e. The van der Waals surface area contributed by atoms with Crippen LogP contribution < -0.4 is 37.2 Å². The zero-order valence-electron chi connectivity index (χ0n) is 45.0. The van der Waals surface area contributed by atoms with Crippen LogP contribution in [0.1, 0.15) is 57.9 Å². The molecule has 6 rings (SSSR count). The Bertz CT molecular complexity index is 2960. The molecule has 0 aliphatic carbocycles. The lowest BCUT2D eigenvalue weighted by Crippen LogP contribution is -2.52. The van der Waals surface area contributed by atoms with Crippen LogP contribution in [-0.2, 0) is 72.6 Å². The minimum atomic E-state index is -1.42. The Morgan fingerprint density at radius 1 is 0.494 bits per heavy atom. The summed E-state index contributed by atoms with van der Waals surface area (Å²) in [5, 5.41) is 28.4. The quantitative estimate of drug-likeness (QED) is 0.0192. The molecule has 0 spiro atoms. The van der Waals surface area contributed by atoms with E-state index in [1.807, 2.05) is 42.5 Å². The molecule has 81 heavy (non-hydrogen) atoms. The number of amides is 7. The van der Waals surface area contributed by atoms with Crippen molar-refractivity contribution in [2.45, 2.75) is 84.6 Å². The molecule has 0 saturated heterocycles. The van der Waals surface area contributed by atoms with Crippen molar-refractivity contribution in [2.75, 3.05) is 13.1 Å². The normalized spacial score (nSPS) is 11.6. The van der Waals surface area contributed by atoms with Gasteiger partial charge in [-0.05, 0) is 83.8 Å². The van der Waals surface area contributed by atoms with Crippen LogP contribution in [0.3, 0.4) is 0 Å². The lowest BCUT2D eigenvalue weighted by molar-refractivity contribution is -0.129. The van der Waals surface area contributed by atoms with E-state index in [0.29, 0.717) is 27.8 Å². The summed E-state index contributed by atoms with van der Waals surface area (Å²) >= 11 is 0. The second-order valence-electron chi connectivity index (χ2n) is 18.4. The minimum absolute atomic E-state index is 0.00298. The second kappa shape index (κ2) is 32.0. The SMILES string of the molecule is Cc1cc(O)cc(C)c1CC(N=C(NC(=O)OCc1ccccc1)NC(=O)OCc1ccccc1)C(=O)NC(C)C(=O)NCC(Cc1ccccc1)NC(=O)CCN=C(NC(=O)OCc1ccccc1)NC(=O)OCc1ccccc1. The van der Waals surface area contributed by atoms with Crippen LogP contribution in [0.5, 0.6) is 5.75 Å². The van der Waals surface area contributed by atoms with Crippen LogP contribution in [0.15, 0.2) is 174 Å². The van der Waals surface area contributed by atoms with Crippen LogP contribution in [0.4, 0.5) is 19.2 Å². The molecule has 0 aliphatic heterocycles. The Labute approximate surface area is 468 Å². The van der Waals surface area contributed by atoms with Gasteiger partial charge in [0.2, 0.25) is 29.6 Å². The van der Waals surface area contributed by atoms with Crippen molar-refractivity contribution in [2.24, 2.45) is 9.98 Å². The molecule has 0 aromatic heterocycles. The molecule has 3 unspecified atom stereocenters. The Hall–Kier alpha value is -10.1. The van der Waals surface area contributed by atoms with Crippen LogP contribution in [0, 0.1) is 13.8 Å². The fourth-order valence-corrected chi connectivity index (χ4v) is 7.86. The van der Waals surface area contributed by atoms with Crippen molar-refractivity contribution < 1.29 is 57.6 Å². The van der Waals surface area contributed by atoms with Gasteiger partial charge in [-0.25, -0.2) is 24.2 Å². The number of phenols is 1. The number of aryl methyl sites for hydroxylation is 2. The van der Waals surface area contributed by atoms with E-state index in [4.69, 9.17) is 18.9 Å². The first kappa shape index (κ1) is 60.2. The molecular weight excluding hydrogens is 1040 g/mol. The molecule has 21 nitrogen and oxygen atoms in total. The fourth-order valence-electron chi connectivity index (χ4n) is 7.86. The number of hydrogen-bond acceptors (Lipinski definition) is 14. The maximum Gasteiger partial charge on any atom is 0.414 e. The monoisotopic (exact) mass is 1100 g/mol. The maximum atomic E-state index is 14.4. The van der Waals surface area contributed by atoms with Gasteiger partial charge in [0, 0.05) is 19.4 Å². The Kier molecular flexibility index (Phi) is 23.8. The number of nitrogens with zero attached hydrogens (tertiary/aromatic N) is 2. The van der Waals surface area contributed by atoms with E-state index in [1.165, 1.54) is 19.1 Å². The van der Waals surface area contributed by atoms with Gasteiger partial charge in [0.25, 0.3) is 0 Å². The third kappa shape index (κ3) is 22.1. The molecule has 8 N–H and O–H groups in total. The second-order valence-corrected chi connectivity index (χ2v) is 18.4. The van der Waals surface area contributed by atoms with Crippen molar-refractivity contribution in [1.82, 2.24) is 37.2 Å². The van der Waals surface area contributed by atoms with Gasteiger partial charge in [-0.1, -0.05) is 152 Å². The third-order valence-electron chi connectivity index (χ3n) is 12.0. The summed E-state index contributed by atoms with van der Waals surface area (Å²) in [6.07, 6.45) is -3.94. The standard InChI is InChI=1S/C60H65N9O12/c1-40-31-49(70)32-41(2)50(40)34-51(65-56(68-59(76)80-38-46-25-15-7-16-26-46)69-60(77)81-39-47-27-17-8-18-28-47)54(73)63-42(3)53(72)62-35-48(33-43-19-9-4-10-20-43)64-52(71)29-30-61-55(66-57(74)78-36-44-21-11-5-12-22-44)67-58(75)79-37-45-23-13-6-14-24-45/h4-28,31-32,42,48,51,70H,29-30,33-39H2,1-3H3,(H,62,72)(H,63,73)(H,64,71)(H2,61,66,67,74,75)(H2,65,68,69,76,77). The molecule has 0 heterocycles. The Balaban J connectivity index is 1.13. The van der Waals surface area contributed by atoms with Crippen molar-refractivity contribution in [3.05, 3.63) is 208 Å². The van der Waals surface area contributed by atoms with Crippen LogP contribution in [0.25, 0.3) is 0 Å². The first-order chi connectivity index (χ1) is 39.1. The first-order valence-electron chi connectivity index (χ1n) is 25.9. The number of phenolic OH excluding ortho intramolecular Hbond substituents is 1. The van der Waals surface area contributed by atoms with E-state index < -0.39 is 66.2 Å². The van der Waals surface area contributed by atoms with Gasteiger partial charge in [-0.3, -0.25) is 40.6 Å². The number of carbonyl (C=O) groups excluding carboxylic acids is 7. The molecule has 0 saturated carbocycles. The van der Waals surface area contributed by atoms with Crippen LogP contribution >= 0.6 is 0 Å². The van der Waals surface area contributed by atoms with Crippen molar-refractivity contribution in [3.63, 3.8) is 0 Å². The zero-order chi connectivity index (χ0) is 57.8. The highest BCUT2D eigenvalue weighted by Crippen LogP contribution is 2.23. The zero-order valence-corrected chi connectivity index (χ0v) is 45.0. The highest BCUT2D eigenvalue weighted by Gasteiger charge is 2.27. The number of carbonyl (C=O) groups is 7. The average Bonchev–Trinajstić information content (AvgIpc) is 3.48. The van der Waals surface area contributed by atoms with E-state index in [1.54, 1.807) is 123 Å². The summed E-state index contributed by atoms with van der Waals surface area (Å²) in [7, 11) is 0. The Morgan fingerprint density at radius 3 is 1.28 bits per heavy atom. The summed E-state index contributed by atoms with van der Waals surface area (Å²) < 4.78 is 21.4. The van der Waals surface area contributed by atoms with Crippen molar-refractivity contribution in [3.8, 4) is 5.75 Å². The van der Waals surface area contributed by atoms with E-state index in [9.17, 15) is 38.7 Å². The number of guanidine groups is 2. The van der Waals surface area contributed by atoms with Crippen molar-refractivity contribution >= 4 is 54.0 Å². The van der Waals surface area contributed by atoms with E-state index in [-0.39, 0.29) is 70.5 Å². The number of nitrogens with one attached hydrogen (secondary N) is 7. The molecule has 0 radical (unpaired) electrons. The summed E-state index contributed by atoms with van der Waals surface area (Å²) in [4.78, 5) is 103. The molecule has 0 fully saturated rings. The van der Waals surface area contributed by atoms with Gasteiger partial charge < -0.3 is 40.0 Å². The molecule has 6 aromatic rings. The number of rotatable bonds is 22. The van der Waals surface area contributed by atoms with Crippen molar-refractivity contribution in [1.29, 1.82) is 0 Å². The topological polar surface area (TPSA) is 286 Å².